The van der Waals surface area contributed by atoms with E-state index in [1.807, 2.05) is 30.3 Å². The normalized spacial score (nSPS) is 10.7. The molecular formula is C15H15N5O2S. The molecule has 0 bridgehead atoms. The Labute approximate surface area is 136 Å². The van der Waals surface area contributed by atoms with Crippen LogP contribution in [0.4, 0.5) is 0 Å². The molecule has 3 N–H and O–H groups in total. The molecule has 0 spiro atoms. The molecule has 8 heteroatoms. The first-order chi connectivity index (χ1) is 11.3. The van der Waals surface area contributed by atoms with Crippen LogP contribution in [0.2, 0.25) is 0 Å². The van der Waals surface area contributed by atoms with Crippen LogP contribution in [0, 0.1) is 0 Å². The second kappa shape index (κ2) is 7.12. The maximum Gasteiger partial charge on any atom is 0.273 e. The van der Waals surface area contributed by atoms with Crippen LogP contribution in [0.15, 0.2) is 40.9 Å². The highest BCUT2D eigenvalue weighted by atomic mass is 32.1. The van der Waals surface area contributed by atoms with Gasteiger partial charge in [-0.1, -0.05) is 35.5 Å². The van der Waals surface area contributed by atoms with Gasteiger partial charge in [-0.3, -0.25) is 4.79 Å². The first kappa shape index (κ1) is 15.3. The van der Waals surface area contributed by atoms with E-state index in [4.69, 9.17) is 10.3 Å². The zero-order valence-corrected chi connectivity index (χ0v) is 13.0. The third-order valence-electron chi connectivity index (χ3n) is 3.11. The number of nitrogens with one attached hydrogen (secondary N) is 1. The van der Waals surface area contributed by atoms with Crippen molar-refractivity contribution in [1.82, 2.24) is 20.7 Å². The summed E-state index contributed by atoms with van der Waals surface area (Å²) in [6.45, 7) is 0.830. The van der Waals surface area contributed by atoms with Gasteiger partial charge >= 0.3 is 0 Å². The summed E-state index contributed by atoms with van der Waals surface area (Å²) < 4.78 is 5.21. The van der Waals surface area contributed by atoms with E-state index in [0.717, 1.165) is 15.6 Å². The lowest BCUT2D eigenvalue weighted by atomic mass is 10.1. The average molecular weight is 329 g/mol. The van der Waals surface area contributed by atoms with Gasteiger partial charge < -0.3 is 15.6 Å². The molecule has 3 rings (SSSR count). The SMILES string of the molecule is NCc1nnc(CCNC(=O)c2cc(-c3ccccc3)on2)s1. The quantitative estimate of drug-likeness (QED) is 0.712. The molecule has 0 saturated heterocycles. The molecule has 118 valence electrons. The van der Waals surface area contributed by atoms with E-state index < -0.39 is 0 Å². The topological polar surface area (TPSA) is 107 Å². The lowest BCUT2D eigenvalue weighted by Gasteiger charge is -1.99. The number of benzene rings is 1. The molecule has 2 aromatic heterocycles. The monoisotopic (exact) mass is 329 g/mol. The number of rotatable bonds is 6. The number of hydrogen-bond donors (Lipinski definition) is 2. The molecular weight excluding hydrogens is 314 g/mol. The molecule has 2 heterocycles. The molecule has 1 amide bonds. The fraction of sp³-hybridized carbons (Fsp3) is 0.200. The van der Waals surface area contributed by atoms with Crippen molar-refractivity contribution in [3.63, 3.8) is 0 Å². The van der Waals surface area contributed by atoms with E-state index in [9.17, 15) is 4.79 Å². The van der Waals surface area contributed by atoms with Crippen LogP contribution in [-0.4, -0.2) is 27.8 Å². The summed E-state index contributed by atoms with van der Waals surface area (Å²) in [6.07, 6.45) is 0.604. The minimum atomic E-state index is -0.278. The molecule has 0 atom stereocenters. The highest BCUT2D eigenvalue weighted by molar-refractivity contribution is 7.11. The summed E-state index contributed by atoms with van der Waals surface area (Å²) in [5.41, 5.74) is 6.62. The second-order valence-electron chi connectivity index (χ2n) is 4.74. The third kappa shape index (κ3) is 3.79. The predicted octanol–water partition coefficient (Wildman–Crippen LogP) is 1.62. The van der Waals surface area contributed by atoms with Gasteiger partial charge in [-0.2, -0.15) is 0 Å². The van der Waals surface area contributed by atoms with E-state index in [1.165, 1.54) is 11.3 Å². The highest BCUT2D eigenvalue weighted by Gasteiger charge is 2.13. The van der Waals surface area contributed by atoms with E-state index in [1.54, 1.807) is 6.07 Å². The summed E-state index contributed by atoms with van der Waals surface area (Å²) in [7, 11) is 0. The molecule has 0 saturated carbocycles. The predicted molar refractivity (Wildman–Crippen MR) is 85.8 cm³/mol. The third-order valence-corrected chi connectivity index (χ3v) is 4.11. The maximum absolute atomic E-state index is 12.1. The zero-order chi connectivity index (χ0) is 16.1. The molecule has 3 aromatic rings. The van der Waals surface area contributed by atoms with Gasteiger partial charge in [0.2, 0.25) is 0 Å². The number of nitrogens with zero attached hydrogens (tertiary/aromatic N) is 3. The summed E-state index contributed by atoms with van der Waals surface area (Å²) in [5, 5.41) is 16.2. The van der Waals surface area contributed by atoms with Gasteiger partial charge in [0.05, 0.1) is 0 Å². The summed E-state index contributed by atoms with van der Waals surface area (Å²) in [6, 6.07) is 11.1. The van der Waals surface area contributed by atoms with Gasteiger partial charge in [-0.05, 0) is 0 Å². The minimum absolute atomic E-state index is 0.253. The van der Waals surface area contributed by atoms with Gasteiger partial charge in [0.1, 0.15) is 10.0 Å². The van der Waals surface area contributed by atoms with E-state index >= 15 is 0 Å². The summed E-state index contributed by atoms with van der Waals surface area (Å²) in [5.74, 6) is 0.284. The van der Waals surface area contributed by atoms with Crippen molar-refractivity contribution in [3.8, 4) is 11.3 Å². The number of aromatic nitrogens is 3. The Bertz CT molecular complexity index is 784. The largest absolute Gasteiger partial charge is 0.355 e. The number of hydrogen-bond acceptors (Lipinski definition) is 7. The molecule has 0 fully saturated rings. The second-order valence-corrected chi connectivity index (χ2v) is 5.89. The highest BCUT2D eigenvalue weighted by Crippen LogP contribution is 2.19. The van der Waals surface area contributed by atoms with Crippen molar-refractivity contribution in [3.05, 3.63) is 52.1 Å². The number of carbonyl (C=O) groups is 1. The van der Waals surface area contributed by atoms with Crippen molar-refractivity contribution in [2.24, 2.45) is 5.73 Å². The fourth-order valence-corrected chi connectivity index (χ4v) is 2.69. The standard InChI is InChI=1S/C15H15N5O2S/c16-9-14-19-18-13(23-14)6-7-17-15(21)11-8-12(22-20-11)10-4-2-1-3-5-10/h1-5,8H,6-7,9,16H2,(H,17,21). The lowest BCUT2D eigenvalue weighted by Crippen LogP contribution is -2.25. The Morgan fingerprint density at radius 3 is 2.74 bits per heavy atom. The van der Waals surface area contributed by atoms with E-state index in [0.29, 0.717) is 25.3 Å². The Morgan fingerprint density at radius 2 is 2.00 bits per heavy atom. The van der Waals surface area contributed by atoms with Crippen molar-refractivity contribution >= 4 is 17.2 Å². The van der Waals surface area contributed by atoms with Crippen molar-refractivity contribution < 1.29 is 9.32 Å². The van der Waals surface area contributed by atoms with Crippen molar-refractivity contribution in [1.29, 1.82) is 0 Å². The number of nitrogens with two attached hydrogens (primary N) is 1. The molecule has 1 aromatic carbocycles. The van der Waals surface area contributed by atoms with Gasteiger partial charge in [0.15, 0.2) is 11.5 Å². The Morgan fingerprint density at radius 1 is 1.22 bits per heavy atom. The van der Waals surface area contributed by atoms with Crippen LogP contribution < -0.4 is 11.1 Å². The first-order valence-corrected chi connectivity index (χ1v) is 7.89. The number of carbonyl (C=O) groups excluding carboxylic acids is 1. The lowest BCUT2D eigenvalue weighted by molar-refractivity contribution is 0.0945. The maximum atomic E-state index is 12.1. The molecule has 0 radical (unpaired) electrons. The summed E-state index contributed by atoms with van der Waals surface area (Å²) in [4.78, 5) is 12.1. The molecule has 0 aliphatic rings. The minimum Gasteiger partial charge on any atom is -0.355 e. The molecule has 0 aliphatic heterocycles. The Hall–Kier alpha value is -2.58. The van der Waals surface area contributed by atoms with Crippen LogP contribution in [0.25, 0.3) is 11.3 Å². The van der Waals surface area contributed by atoms with Crippen LogP contribution in [0.1, 0.15) is 20.5 Å². The molecule has 7 nitrogen and oxygen atoms in total. The van der Waals surface area contributed by atoms with Crippen LogP contribution >= 0.6 is 11.3 Å². The molecule has 0 unspecified atom stereocenters. The van der Waals surface area contributed by atoms with Crippen LogP contribution in [0.3, 0.4) is 0 Å². The van der Waals surface area contributed by atoms with Gasteiger partial charge in [-0.15, -0.1) is 21.5 Å². The average Bonchev–Trinajstić information content (AvgIpc) is 3.25. The van der Waals surface area contributed by atoms with E-state index in [-0.39, 0.29) is 11.6 Å². The summed E-state index contributed by atoms with van der Waals surface area (Å²) >= 11 is 1.45. The van der Waals surface area contributed by atoms with Crippen LogP contribution in [0.5, 0.6) is 0 Å². The first-order valence-electron chi connectivity index (χ1n) is 7.08. The van der Waals surface area contributed by atoms with E-state index in [2.05, 4.69) is 20.7 Å². The van der Waals surface area contributed by atoms with Crippen molar-refractivity contribution in [2.45, 2.75) is 13.0 Å². The van der Waals surface area contributed by atoms with Gasteiger partial charge in [-0.25, -0.2) is 0 Å². The Kier molecular flexibility index (Phi) is 4.74. The fourth-order valence-electron chi connectivity index (χ4n) is 1.97. The zero-order valence-electron chi connectivity index (χ0n) is 12.2. The van der Waals surface area contributed by atoms with Crippen molar-refractivity contribution in [2.75, 3.05) is 6.54 Å². The van der Waals surface area contributed by atoms with Crippen LogP contribution in [-0.2, 0) is 13.0 Å². The Balaban J connectivity index is 1.55. The molecule has 0 aliphatic carbocycles. The number of amides is 1. The van der Waals surface area contributed by atoms with Gasteiger partial charge in [0, 0.05) is 31.1 Å². The molecule has 23 heavy (non-hydrogen) atoms. The smallest absolute Gasteiger partial charge is 0.273 e. The van der Waals surface area contributed by atoms with Gasteiger partial charge in [0.25, 0.3) is 5.91 Å².